The Morgan fingerprint density at radius 2 is 1.73 bits per heavy atom. The van der Waals surface area contributed by atoms with Gasteiger partial charge in [-0.25, -0.2) is 0 Å². The molecule has 1 N–H and O–H groups in total. The maximum Gasteiger partial charge on any atom is 0.270 e. The Kier molecular flexibility index (Phi) is 5.08. The summed E-state index contributed by atoms with van der Waals surface area (Å²) in [6.07, 6.45) is 1.46. The molecule has 0 saturated heterocycles. The number of aromatic hydroxyl groups is 1. The summed E-state index contributed by atoms with van der Waals surface area (Å²) in [5, 5.41) is 20.9. The predicted molar refractivity (Wildman–Crippen MR) is 102 cm³/mol. The summed E-state index contributed by atoms with van der Waals surface area (Å²) < 4.78 is 0. The van der Waals surface area contributed by atoms with Crippen LogP contribution in [0.2, 0.25) is 0 Å². The fourth-order valence-electron chi connectivity index (χ4n) is 2.79. The van der Waals surface area contributed by atoms with E-state index in [4.69, 9.17) is 0 Å². The molecule has 0 radical (unpaired) electrons. The lowest BCUT2D eigenvalue weighted by Gasteiger charge is -2.14. The topological polar surface area (TPSA) is 75.7 Å². The molecular weight excluding hydrogens is 328 g/mol. The zero-order valence-corrected chi connectivity index (χ0v) is 14.2. The van der Waals surface area contributed by atoms with Crippen LogP contribution in [-0.4, -0.2) is 16.2 Å². The lowest BCUT2D eigenvalue weighted by atomic mass is 9.92. The van der Waals surface area contributed by atoms with Crippen LogP contribution in [0.1, 0.15) is 29.5 Å². The Bertz CT molecular complexity index is 952. The molecular formula is C21H18N2O3. The van der Waals surface area contributed by atoms with E-state index in [2.05, 4.69) is 24.0 Å². The van der Waals surface area contributed by atoms with E-state index in [9.17, 15) is 15.2 Å². The SMILES string of the molecule is CC(c1ccccc1)c1ccccc1N=Cc1cc([N+](=O)[O-])ccc1O. The van der Waals surface area contributed by atoms with Crippen molar-refractivity contribution in [2.45, 2.75) is 12.8 Å². The highest BCUT2D eigenvalue weighted by atomic mass is 16.6. The summed E-state index contributed by atoms with van der Waals surface area (Å²) in [5.41, 5.74) is 3.19. The summed E-state index contributed by atoms with van der Waals surface area (Å²) in [5.74, 6) is 0.0937. The van der Waals surface area contributed by atoms with Crippen LogP contribution in [0.5, 0.6) is 5.75 Å². The molecule has 3 rings (SSSR count). The number of nitrogens with zero attached hydrogens (tertiary/aromatic N) is 2. The number of aliphatic imine (C=N–C) groups is 1. The van der Waals surface area contributed by atoms with Crippen LogP contribution >= 0.6 is 0 Å². The van der Waals surface area contributed by atoms with Crippen LogP contribution < -0.4 is 0 Å². The highest BCUT2D eigenvalue weighted by molar-refractivity contribution is 5.86. The maximum atomic E-state index is 10.9. The normalized spacial score (nSPS) is 12.2. The van der Waals surface area contributed by atoms with E-state index >= 15 is 0 Å². The van der Waals surface area contributed by atoms with Gasteiger partial charge in [0.25, 0.3) is 5.69 Å². The smallest absolute Gasteiger partial charge is 0.270 e. The Morgan fingerprint density at radius 3 is 2.46 bits per heavy atom. The first-order chi connectivity index (χ1) is 12.6. The van der Waals surface area contributed by atoms with Gasteiger partial charge in [-0.2, -0.15) is 0 Å². The average Bonchev–Trinajstić information content (AvgIpc) is 2.67. The minimum atomic E-state index is -0.498. The van der Waals surface area contributed by atoms with E-state index in [-0.39, 0.29) is 17.4 Å². The second-order valence-electron chi connectivity index (χ2n) is 5.95. The van der Waals surface area contributed by atoms with Crippen molar-refractivity contribution >= 4 is 17.6 Å². The van der Waals surface area contributed by atoms with Crippen LogP contribution in [0.4, 0.5) is 11.4 Å². The molecule has 1 unspecified atom stereocenters. The van der Waals surface area contributed by atoms with Gasteiger partial charge in [-0.05, 0) is 23.3 Å². The fourth-order valence-corrected chi connectivity index (χ4v) is 2.79. The summed E-state index contributed by atoms with van der Waals surface area (Å²) in [6, 6.07) is 21.7. The number of rotatable bonds is 5. The van der Waals surface area contributed by atoms with Crippen molar-refractivity contribution in [1.29, 1.82) is 0 Å². The summed E-state index contributed by atoms with van der Waals surface area (Å²) in [7, 11) is 0. The highest BCUT2D eigenvalue weighted by Gasteiger charge is 2.12. The first-order valence-electron chi connectivity index (χ1n) is 8.21. The van der Waals surface area contributed by atoms with Crippen molar-refractivity contribution in [3.63, 3.8) is 0 Å². The zero-order chi connectivity index (χ0) is 18.5. The first-order valence-corrected chi connectivity index (χ1v) is 8.21. The second-order valence-corrected chi connectivity index (χ2v) is 5.95. The molecule has 0 bridgehead atoms. The van der Waals surface area contributed by atoms with Crippen molar-refractivity contribution < 1.29 is 10.0 Å². The third kappa shape index (κ3) is 3.78. The van der Waals surface area contributed by atoms with Gasteiger partial charge in [0.05, 0.1) is 10.6 Å². The number of nitro groups is 1. The zero-order valence-electron chi connectivity index (χ0n) is 14.2. The molecule has 3 aromatic carbocycles. The Balaban J connectivity index is 1.95. The lowest BCUT2D eigenvalue weighted by molar-refractivity contribution is -0.384. The molecule has 0 aliphatic carbocycles. The van der Waals surface area contributed by atoms with E-state index in [0.717, 1.165) is 11.3 Å². The van der Waals surface area contributed by atoms with Crippen LogP contribution in [0.25, 0.3) is 0 Å². The van der Waals surface area contributed by atoms with Gasteiger partial charge in [0.15, 0.2) is 0 Å². The average molecular weight is 346 g/mol. The molecule has 0 aliphatic heterocycles. The monoisotopic (exact) mass is 346 g/mol. The number of non-ortho nitro benzene ring substituents is 1. The molecule has 0 heterocycles. The van der Waals surface area contributed by atoms with Crippen molar-refractivity contribution in [3.05, 3.63) is 99.6 Å². The van der Waals surface area contributed by atoms with Crippen molar-refractivity contribution in [1.82, 2.24) is 0 Å². The molecule has 0 aromatic heterocycles. The Morgan fingerprint density at radius 1 is 1.04 bits per heavy atom. The van der Waals surface area contributed by atoms with Gasteiger partial charge in [0.1, 0.15) is 5.75 Å². The van der Waals surface area contributed by atoms with E-state index in [1.165, 1.54) is 30.0 Å². The standard InChI is InChI=1S/C21H18N2O3/c1-15(16-7-3-2-4-8-16)19-9-5-6-10-20(19)22-14-17-13-18(23(25)26)11-12-21(17)24/h2-15,24H,1H3. The van der Waals surface area contributed by atoms with Crippen molar-refractivity contribution in [2.24, 2.45) is 4.99 Å². The van der Waals surface area contributed by atoms with Gasteiger partial charge in [0, 0.05) is 29.8 Å². The summed E-state index contributed by atoms with van der Waals surface area (Å²) in [4.78, 5) is 14.9. The molecule has 5 nitrogen and oxygen atoms in total. The number of benzene rings is 3. The highest BCUT2D eigenvalue weighted by Crippen LogP contribution is 2.32. The van der Waals surface area contributed by atoms with Crippen molar-refractivity contribution in [3.8, 4) is 5.75 Å². The molecule has 0 fully saturated rings. The number of phenolic OH excluding ortho intramolecular Hbond substituents is 1. The molecule has 0 spiro atoms. The first kappa shape index (κ1) is 17.4. The van der Waals surface area contributed by atoms with Crippen LogP contribution in [0, 0.1) is 10.1 Å². The summed E-state index contributed by atoms with van der Waals surface area (Å²) in [6.45, 7) is 2.11. The minimum Gasteiger partial charge on any atom is -0.507 e. The molecule has 0 amide bonds. The fraction of sp³-hybridized carbons (Fsp3) is 0.0952. The van der Waals surface area contributed by atoms with Gasteiger partial charge in [-0.1, -0.05) is 55.5 Å². The quantitative estimate of drug-likeness (QED) is 0.392. The van der Waals surface area contributed by atoms with Crippen LogP contribution in [0.15, 0.2) is 77.8 Å². The number of nitro benzene ring substituents is 1. The van der Waals surface area contributed by atoms with Crippen LogP contribution in [-0.2, 0) is 0 Å². The van der Waals surface area contributed by atoms with Gasteiger partial charge in [-0.3, -0.25) is 15.1 Å². The molecule has 1 atom stereocenters. The Labute approximate surface area is 151 Å². The third-order valence-corrected chi connectivity index (χ3v) is 4.27. The number of hydrogen-bond donors (Lipinski definition) is 1. The molecule has 26 heavy (non-hydrogen) atoms. The second kappa shape index (κ2) is 7.61. The van der Waals surface area contributed by atoms with Crippen LogP contribution in [0.3, 0.4) is 0 Å². The predicted octanol–water partition coefficient (Wildman–Crippen LogP) is 5.20. The third-order valence-electron chi connectivity index (χ3n) is 4.27. The lowest BCUT2D eigenvalue weighted by Crippen LogP contribution is -1.96. The van der Waals surface area contributed by atoms with Gasteiger partial charge >= 0.3 is 0 Å². The van der Waals surface area contributed by atoms with Crippen molar-refractivity contribution in [2.75, 3.05) is 0 Å². The van der Waals surface area contributed by atoms with Gasteiger partial charge < -0.3 is 5.11 Å². The van der Waals surface area contributed by atoms with E-state index in [1.807, 2.05) is 42.5 Å². The number of phenols is 1. The van der Waals surface area contributed by atoms with Gasteiger partial charge in [-0.15, -0.1) is 0 Å². The largest absolute Gasteiger partial charge is 0.507 e. The van der Waals surface area contributed by atoms with E-state index in [0.29, 0.717) is 5.56 Å². The van der Waals surface area contributed by atoms with E-state index in [1.54, 1.807) is 0 Å². The van der Waals surface area contributed by atoms with Gasteiger partial charge in [0.2, 0.25) is 0 Å². The molecule has 0 saturated carbocycles. The summed E-state index contributed by atoms with van der Waals surface area (Å²) >= 11 is 0. The number of hydrogen-bond acceptors (Lipinski definition) is 4. The molecule has 0 aliphatic rings. The van der Waals surface area contributed by atoms with E-state index < -0.39 is 4.92 Å². The minimum absolute atomic E-state index is 0.0482. The Hall–Kier alpha value is -3.47. The maximum absolute atomic E-state index is 10.9. The molecule has 3 aromatic rings. The molecule has 5 heteroatoms. The molecule has 130 valence electrons. The number of para-hydroxylation sites is 1.